The van der Waals surface area contributed by atoms with E-state index in [2.05, 4.69) is 22.9 Å². The number of amides is 3. The number of carbonyl (C=O) groups excluding carboxylic acids is 3. The molecule has 0 heterocycles. The molecular weight excluding hydrogens is 578 g/mol. The van der Waals surface area contributed by atoms with Gasteiger partial charge in [0.25, 0.3) is 0 Å². The second-order valence-corrected chi connectivity index (χ2v) is 11.4. The monoisotopic (exact) mass is 633 g/mol. The number of ether oxygens (including phenoxy) is 4. The Bertz CT molecular complexity index is 839. The lowest BCUT2D eigenvalue weighted by Gasteiger charge is -2.27. The van der Waals surface area contributed by atoms with Gasteiger partial charge >= 0.3 is 11.9 Å². The SMILES string of the molecule is CCOCCOCCNC(=O)COCCOCCNC(=O)CC[C@H](NC(=O)CCCC(C)CC(C)(C)CCC(=O)O)C(=O)O. The molecule has 256 valence electrons. The first-order chi connectivity index (χ1) is 20.9. The molecule has 0 aromatic carbocycles. The first-order valence-electron chi connectivity index (χ1n) is 15.4. The minimum atomic E-state index is -1.21. The Morgan fingerprint density at radius 2 is 1.32 bits per heavy atom. The van der Waals surface area contributed by atoms with Crippen LogP contribution in [0.3, 0.4) is 0 Å². The molecule has 5 N–H and O–H groups in total. The van der Waals surface area contributed by atoms with Gasteiger partial charge in [0.05, 0.1) is 39.6 Å². The normalized spacial score (nSPS) is 12.7. The van der Waals surface area contributed by atoms with Gasteiger partial charge in [0.1, 0.15) is 12.6 Å². The molecule has 0 aliphatic heterocycles. The van der Waals surface area contributed by atoms with Crippen molar-refractivity contribution in [2.24, 2.45) is 11.3 Å². The fourth-order valence-corrected chi connectivity index (χ4v) is 4.42. The molecule has 0 fully saturated rings. The molecule has 0 aromatic rings. The summed E-state index contributed by atoms with van der Waals surface area (Å²) in [5.41, 5.74) is -0.116. The summed E-state index contributed by atoms with van der Waals surface area (Å²) in [5.74, 6) is -2.73. The van der Waals surface area contributed by atoms with Crippen LogP contribution in [0.4, 0.5) is 0 Å². The molecule has 3 amide bonds. The topological polar surface area (TPSA) is 199 Å². The molecule has 0 rings (SSSR count). The number of aliphatic carboxylic acids is 2. The summed E-state index contributed by atoms with van der Waals surface area (Å²) in [4.78, 5) is 58.5. The largest absolute Gasteiger partial charge is 0.481 e. The summed E-state index contributed by atoms with van der Waals surface area (Å²) in [6.07, 6.45) is 2.94. The molecule has 0 spiro atoms. The summed E-state index contributed by atoms with van der Waals surface area (Å²) in [5, 5.41) is 26.1. The third-order valence-electron chi connectivity index (χ3n) is 6.63. The fraction of sp³-hybridized carbons (Fsp3) is 0.833. The van der Waals surface area contributed by atoms with Crippen molar-refractivity contribution in [3.05, 3.63) is 0 Å². The van der Waals surface area contributed by atoms with E-state index in [1.807, 2.05) is 20.8 Å². The van der Waals surface area contributed by atoms with E-state index in [0.717, 1.165) is 12.8 Å². The number of carboxylic acids is 2. The molecule has 0 aliphatic carbocycles. The molecule has 0 aliphatic rings. The number of rotatable bonds is 29. The van der Waals surface area contributed by atoms with Crippen LogP contribution < -0.4 is 16.0 Å². The number of hydrogen-bond donors (Lipinski definition) is 5. The lowest BCUT2D eigenvalue weighted by molar-refractivity contribution is -0.142. The minimum absolute atomic E-state index is 0.0444. The van der Waals surface area contributed by atoms with Crippen molar-refractivity contribution in [2.75, 3.05) is 65.9 Å². The van der Waals surface area contributed by atoms with Crippen LogP contribution in [0.1, 0.15) is 79.1 Å². The Morgan fingerprint density at radius 1 is 0.727 bits per heavy atom. The van der Waals surface area contributed by atoms with Crippen LogP contribution in [-0.2, 0) is 42.9 Å². The van der Waals surface area contributed by atoms with Crippen LogP contribution in [0.15, 0.2) is 0 Å². The zero-order valence-electron chi connectivity index (χ0n) is 27.0. The van der Waals surface area contributed by atoms with Gasteiger partial charge in [-0.15, -0.1) is 0 Å². The highest BCUT2D eigenvalue weighted by molar-refractivity contribution is 5.84. The number of nitrogens with one attached hydrogen (secondary N) is 3. The Kier molecular flexibility index (Phi) is 23.9. The van der Waals surface area contributed by atoms with Crippen molar-refractivity contribution in [3.63, 3.8) is 0 Å². The van der Waals surface area contributed by atoms with Crippen LogP contribution >= 0.6 is 0 Å². The minimum Gasteiger partial charge on any atom is -0.481 e. The Morgan fingerprint density at radius 3 is 1.91 bits per heavy atom. The van der Waals surface area contributed by atoms with E-state index >= 15 is 0 Å². The van der Waals surface area contributed by atoms with Crippen molar-refractivity contribution in [1.82, 2.24) is 16.0 Å². The standard InChI is InChI=1S/C30H55N3O11/c1-5-41-17-18-42-16-14-32-27(36)22-44-20-19-43-15-13-31-25(34)10-9-24(29(39)40)33-26(35)8-6-7-23(2)21-30(3,4)12-11-28(37)38/h23-24H,5-22H2,1-4H3,(H,31,34)(H,32,36)(H,33,35)(H,37,38)(H,39,40)/t23?,24-/m0/s1. The molecule has 1 unspecified atom stereocenters. The van der Waals surface area contributed by atoms with Crippen molar-refractivity contribution >= 4 is 29.7 Å². The van der Waals surface area contributed by atoms with Gasteiger partial charge < -0.3 is 45.1 Å². The smallest absolute Gasteiger partial charge is 0.326 e. The average molecular weight is 634 g/mol. The van der Waals surface area contributed by atoms with Gasteiger partial charge in [-0.2, -0.15) is 0 Å². The summed E-state index contributed by atoms with van der Waals surface area (Å²) >= 11 is 0. The van der Waals surface area contributed by atoms with Gasteiger partial charge in [-0.1, -0.05) is 27.2 Å². The summed E-state index contributed by atoms with van der Waals surface area (Å²) in [6, 6.07) is -1.17. The van der Waals surface area contributed by atoms with E-state index < -0.39 is 18.0 Å². The van der Waals surface area contributed by atoms with E-state index in [0.29, 0.717) is 51.7 Å². The molecule has 0 aromatic heterocycles. The molecular formula is C30H55N3O11. The Hall–Kier alpha value is -2.81. The molecule has 14 heteroatoms. The van der Waals surface area contributed by atoms with Crippen molar-refractivity contribution in [1.29, 1.82) is 0 Å². The van der Waals surface area contributed by atoms with Crippen molar-refractivity contribution in [2.45, 2.75) is 85.1 Å². The summed E-state index contributed by atoms with van der Waals surface area (Å²) in [7, 11) is 0. The van der Waals surface area contributed by atoms with E-state index in [4.69, 9.17) is 24.1 Å². The highest BCUT2D eigenvalue weighted by Crippen LogP contribution is 2.32. The molecule has 2 atom stereocenters. The first kappa shape index (κ1) is 41.2. The van der Waals surface area contributed by atoms with Crippen LogP contribution in [0.25, 0.3) is 0 Å². The second-order valence-electron chi connectivity index (χ2n) is 11.4. The van der Waals surface area contributed by atoms with E-state index in [1.165, 1.54) is 0 Å². The maximum Gasteiger partial charge on any atom is 0.326 e. The van der Waals surface area contributed by atoms with Crippen molar-refractivity contribution in [3.8, 4) is 0 Å². The Labute approximate surface area is 261 Å². The van der Waals surface area contributed by atoms with Crippen LogP contribution in [-0.4, -0.2) is 112 Å². The van der Waals surface area contributed by atoms with E-state index in [1.54, 1.807) is 0 Å². The quantitative estimate of drug-likeness (QED) is 0.0752. The number of carboxylic acid groups (broad SMARTS) is 2. The maximum atomic E-state index is 12.3. The number of carbonyl (C=O) groups is 5. The van der Waals surface area contributed by atoms with Gasteiger partial charge in [-0.25, -0.2) is 4.79 Å². The zero-order valence-corrected chi connectivity index (χ0v) is 27.0. The predicted octanol–water partition coefficient (Wildman–Crippen LogP) is 1.74. The van der Waals surface area contributed by atoms with E-state index in [9.17, 15) is 29.1 Å². The molecule has 0 bridgehead atoms. The summed E-state index contributed by atoms with van der Waals surface area (Å²) < 4.78 is 21.0. The van der Waals surface area contributed by atoms with Crippen LogP contribution in [0.2, 0.25) is 0 Å². The van der Waals surface area contributed by atoms with Gasteiger partial charge in [0.15, 0.2) is 0 Å². The van der Waals surface area contributed by atoms with Gasteiger partial charge in [0, 0.05) is 39.0 Å². The highest BCUT2D eigenvalue weighted by Gasteiger charge is 2.23. The molecule has 14 nitrogen and oxygen atoms in total. The van der Waals surface area contributed by atoms with Gasteiger partial charge in [-0.3, -0.25) is 19.2 Å². The highest BCUT2D eigenvalue weighted by atomic mass is 16.5. The third-order valence-corrected chi connectivity index (χ3v) is 6.63. The lowest BCUT2D eigenvalue weighted by atomic mass is 9.78. The average Bonchev–Trinajstić information content (AvgIpc) is 2.94. The molecule has 0 saturated carbocycles. The van der Waals surface area contributed by atoms with Gasteiger partial charge in [0.2, 0.25) is 17.7 Å². The molecule has 44 heavy (non-hydrogen) atoms. The predicted molar refractivity (Wildman–Crippen MR) is 162 cm³/mol. The van der Waals surface area contributed by atoms with Crippen molar-refractivity contribution < 1.29 is 53.1 Å². The molecule has 0 saturated heterocycles. The molecule has 0 radical (unpaired) electrons. The first-order valence-corrected chi connectivity index (χ1v) is 15.4. The Balaban J connectivity index is 3.94. The second kappa shape index (κ2) is 25.5. The zero-order chi connectivity index (χ0) is 33.2. The van der Waals surface area contributed by atoms with Crippen LogP contribution in [0, 0.1) is 11.3 Å². The van der Waals surface area contributed by atoms with E-state index in [-0.39, 0.29) is 81.8 Å². The van der Waals surface area contributed by atoms with Gasteiger partial charge in [-0.05, 0) is 43.9 Å². The lowest BCUT2D eigenvalue weighted by Crippen LogP contribution is -2.41. The van der Waals surface area contributed by atoms with Crippen LogP contribution in [0.5, 0.6) is 0 Å². The number of hydrogen-bond acceptors (Lipinski definition) is 9. The maximum absolute atomic E-state index is 12.3. The third kappa shape index (κ3) is 25.7. The summed E-state index contributed by atoms with van der Waals surface area (Å²) in [6.45, 7) is 11.2. The fourth-order valence-electron chi connectivity index (χ4n) is 4.42.